The lowest BCUT2D eigenvalue weighted by molar-refractivity contribution is -0.156. The van der Waals surface area contributed by atoms with Crippen molar-refractivity contribution >= 4 is 11.2 Å². The minimum absolute atomic E-state index is 0.234. The molecule has 4 aromatic carbocycles. The summed E-state index contributed by atoms with van der Waals surface area (Å²) in [6, 6.07) is 38.0. The molecule has 0 spiro atoms. The maximum atomic E-state index is 12.6. The topological polar surface area (TPSA) is 101 Å². The highest BCUT2D eigenvalue weighted by Crippen LogP contribution is 2.60. The summed E-state index contributed by atoms with van der Waals surface area (Å²) in [6.45, 7) is 2.12. The van der Waals surface area contributed by atoms with Gasteiger partial charge in [-0.2, -0.15) is 0 Å². The number of fused-ring (bicyclic) bond motifs is 2. The number of methoxy groups -OCH3 is 1. The molecule has 2 aromatic heterocycles. The summed E-state index contributed by atoms with van der Waals surface area (Å²) >= 11 is 0. The maximum absolute atomic E-state index is 12.6. The summed E-state index contributed by atoms with van der Waals surface area (Å²) in [7, 11) is 1.63. The third-order valence-corrected chi connectivity index (χ3v) is 9.33. The van der Waals surface area contributed by atoms with E-state index in [4.69, 9.17) is 18.9 Å². The monoisotopic (exact) mass is 626 g/mol. The molecule has 0 amide bonds. The quantitative estimate of drug-likeness (QED) is 0.192. The first-order valence-corrected chi connectivity index (χ1v) is 15.6. The highest BCUT2D eigenvalue weighted by atomic mass is 16.7. The second-order valence-electron chi connectivity index (χ2n) is 12.0. The summed E-state index contributed by atoms with van der Waals surface area (Å²) in [4.78, 5) is 13.4. The molecule has 9 heteroatoms. The average Bonchev–Trinajstić information content (AvgIpc) is 3.38. The first-order chi connectivity index (χ1) is 23.0. The van der Waals surface area contributed by atoms with Crippen molar-refractivity contribution in [2.45, 2.75) is 49.3 Å². The predicted octanol–water partition coefficient (Wildman–Crippen LogP) is 5.75. The Morgan fingerprint density at radius 2 is 1.38 bits per heavy atom. The third kappa shape index (κ3) is 4.82. The molecule has 3 heterocycles. The Hall–Kier alpha value is -4.93. The highest BCUT2D eigenvalue weighted by Gasteiger charge is 2.80. The molecule has 9 nitrogen and oxygen atoms in total. The summed E-state index contributed by atoms with van der Waals surface area (Å²) in [5.74, 6) is 0.754. The molecule has 8 rings (SSSR count). The summed E-state index contributed by atoms with van der Waals surface area (Å²) in [5, 5.41) is 12.6. The number of ether oxygens (including phenoxy) is 4. The minimum Gasteiger partial charge on any atom is -0.497 e. The number of aromatic nitrogens is 4. The molecular weight excluding hydrogens is 592 g/mol. The van der Waals surface area contributed by atoms with E-state index in [0.29, 0.717) is 11.2 Å². The predicted molar refractivity (Wildman–Crippen MR) is 175 cm³/mol. The third-order valence-electron chi connectivity index (χ3n) is 9.33. The number of rotatable bonds is 10. The number of nitrogens with zero attached hydrogens (tertiary/aromatic N) is 4. The Labute approximate surface area is 272 Å². The number of benzene rings is 4. The van der Waals surface area contributed by atoms with Crippen LogP contribution in [0, 0.1) is 6.92 Å². The molecule has 1 saturated heterocycles. The zero-order valence-corrected chi connectivity index (χ0v) is 26.0. The van der Waals surface area contributed by atoms with Gasteiger partial charge in [0.2, 0.25) is 0 Å². The number of hydrogen-bond donors (Lipinski definition) is 1. The maximum Gasteiger partial charge on any atom is 0.166 e. The molecule has 1 N–H and O–H groups in total. The smallest absolute Gasteiger partial charge is 0.166 e. The average molecular weight is 627 g/mol. The fourth-order valence-electron chi connectivity index (χ4n) is 6.84. The second kappa shape index (κ2) is 11.7. The van der Waals surface area contributed by atoms with Gasteiger partial charge in [-0.3, -0.25) is 4.57 Å². The Morgan fingerprint density at radius 3 is 1.96 bits per heavy atom. The van der Waals surface area contributed by atoms with E-state index in [1.807, 2.05) is 90.4 Å². The first-order valence-electron chi connectivity index (χ1n) is 15.6. The van der Waals surface area contributed by atoms with E-state index in [-0.39, 0.29) is 6.61 Å². The van der Waals surface area contributed by atoms with Crippen LogP contribution in [0.25, 0.3) is 11.2 Å². The van der Waals surface area contributed by atoms with Crippen LogP contribution in [0.2, 0.25) is 0 Å². The van der Waals surface area contributed by atoms with Gasteiger partial charge in [-0.1, -0.05) is 103 Å². The van der Waals surface area contributed by atoms with Crippen molar-refractivity contribution in [2.24, 2.45) is 0 Å². The van der Waals surface area contributed by atoms with Crippen molar-refractivity contribution in [3.8, 4) is 5.75 Å². The van der Waals surface area contributed by atoms with Gasteiger partial charge in [0.25, 0.3) is 0 Å². The zero-order chi connectivity index (χ0) is 32.0. The second-order valence-corrected chi connectivity index (χ2v) is 12.0. The van der Waals surface area contributed by atoms with Crippen LogP contribution in [0.15, 0.2) is 128 Å². The van der Waals surface area contributed by atoms with E-state index in [1.165, 1.54) is 6.33 Å². The van der Waals surface area contributed by atoms with E-state index in [1.54, 1.807) is 13.4 Å². The molecule has 0 bridgehead atoms. The lowest BCUT2D eigenvalue weighted by Gasteiger charge is -2.38. The molecule has 47 heavy (non-hydrogen) atoms. The standard InChI is InChI=1S/C38H34N4O5/c1-25-31-35(40-23-39-25)42(24-41-31)36-34(45-22-26-18-20-30(44-2)21-19-26)37(43)32(46-36)33(37)47-38(27-12-6-3-7-13-27,28-14-8-4-9-15-28)29-16-10-5-11-17-29/h3-21,23-24,32-34,36,43H,22H2,1-2H3/t32-,33?,34+,36-,37+/m1/s1. The van der Waals surface area contributed by atoms with Gasteiger partial charge in [0.05, 0.1) is 25.7 Å². The van der Waals surface area contributed by atoms with Crippen LogP contribution in [0.1, 0.15) is 34.2 Å². The molecule has 2 fully saturated rings. The molecule has 1 aliphatic carbocycles. The van der Waals surface area contributed by atoms with Crippen molar-refractivity contribution in [2.75, 3.05) is 7.11 Å². The van der Waals surface area contributed by atoms with Crippen LogP contribution < -0.4 is 4.74 Å². The van der Waals surface area contributed by atoms with Crippen LogP contribution >= 0.6 is 0 Å². The van der Waals surface area contributed by atoms with E-state index < -0.39 is 35.7 Å². The molecular formula is C38H34N4O5. The van der Waals surface area contributed by atoms with Crippen LogP contribution in [0.3, 0.4) is 0 Å². The fourth-order valence-corrected chi connectivity index (χ4v) is 6.84. The van der Waals surface area contributed by atoms with Crippen LogP contribution in [0.4, 0.5) is 0 Å². The highest BCUT2D eigenvalue weighted by molar-refractivity contribution is 5.72. The molecule has 0 radical (unpaired) electrons. The molecule has 5 atom stereocenters. The van der Waals surface area contributed by atoms with Gasteiger partial charge in [0, 0.05) is 0 Å². The van der Waals surface area contributed by atoms with Crippen molar-refractivity contribution in [3.63, 3.8) is 0 Å². The normalized spacial score (nSPS) is 23.5. The number of aliphatic hydroxyl groups is 1. The number of aryl methyl sites for hydroxylation is 1. The van der Waals surface area contributed by atoms with Gasteiger partial charge in [0.1, 0.15) is 41.5 Å². The largest absolute Gasteiger partial charge is 0.497 e. The van der Waals surface area contributed by atoms with Gasteiger partial charge >= 0.3 is 0 Å². The Bertz CT molecular complexity index is 1890. The molecule has 1 unspecified atom stereocenters. The van der Waals surface area contributed by atoms with Crippen LogP contribution in [-0.2, 0) is 26.4 Å². The lowest BCUT2D eigenvalue weighted by atomic mass is 9.80. The van der Waals surface area contributed by atoms with Crippen LogP contribution in [-0.4, -0.2) is 55.6 Å². The fraction of sp³-hybridized carbons (Fsp3) is 0.237. The number of hydrogen-bond acceptors (Lipinski definition) is 8. The van der Waals surface area contributed by atoms with Crippen molar-refractivity contribution < 1.29 is 24.1 Å². The Morgan fingerprint density at radius 1 is 0.787 bits per heavy atom. The Balaban J connectivity index is 1.20. The zero-order valence-electron chi connectivity index (χ0n) is 26.0. The molecule has 236 valence electrons. The molecule has 1 aliphatic heterocycles. The first kappa shape index (κ1) is 29.5. The van der Waals surface area contributed by atoms with E-state index in [9.17, 15) is 5.11 Å². The van der Waals surface area contributed by atoms with Gasteiger partial charge in [-0.15, -0.1) is 0 Å². The van der Waals surface area contributed by atoms with Crippen molar-refractivity contribution in [3.05, 3.63) is 156 Å². The van der Waals surface area contributed by atoms with Gasteiger partial charge < -0.3 is 24.1 Å². The van der Waals surface area contributed by atoms with E-state index in [2.05, 4.69) is 51.4 Å². The Kier molecular flexibility index (Phi) is 7.34. The minimum atomic E-state index is -1.47. The lowest BCUT2D eigenvalue weighted by Crippen LogP contribution is -2.43. The summed E-state index contributed by atoms with van der Waals surface area (Å²) in [5.41, 5.74) is 3.25. The van der Waals surface area contributed by atoms with Gasteiger partial charge in [-0.25, -0.2) is 15.0 Å². The number of imidazole rings is 1. The van der Waals surface area contributed by atoms with Crippen LogP contribution in [0.5, 0.6) is 5.75 Å². The summed E-state index contributed by atoms with van der Waals surface area (Å²) < 4.78 is 27.7. The van der Waals surface area contributed by atoms with Gasteiger partial charge in [-0.05, 0) is 41.3 Å². The van der Waals surface area contributed by atoms with E-state index >= 15 is 0 Å². The molecule has 6 aromatic rings. The SMILES string of the molecule is COc1ccc(CO[C@H]2[C@H](n3cnc4c(C)ncnc43)O[C@@H]3C(OC(c4ccccc4)(c4ccccc4)c4ccccc4)[C@@]32O)cc1. The van der Waals surface area contributed by atoms with E-state index in [0.717, 1.165) is 33.7 Å². The van der Waals surface area contributed by atoms with Crippen molar-refractivity contribution in [1.29, 1.82) is 0 Å². The molecule has 2 aliphatic rings. The van der Waals surface area contributed by atoms with Crippen molar-refractivity contribution in [1.82, 2.24) is 19.5 Å². The molecule has 1 saturated carbocycles. The summed E-state index contributed by atoms with van der Waals surface area (Å²) in [6.07, 6.45) is 0.269. The van der Waals surface area contributed by atoms with Gasteiger partial charge in [0.15, 0.2) is 17.5 Å².